The molecule has 1 aliphatic heterocycles. The SMILES string of the molecule is COc1cccc(Cn2cc(NC(=O)c3ccc(CN4CCCCC4)o3)cn2)c1. The van der Waals surface area contributed by atoms with Crippen LogP contribution in [-0.4, -0.2) is 40.8 Å². The minimum absolute atomic E-state index is 0.268. The van der Waals surface area contributed by atoms with Gasteiger partial charge in [-0.05, 0) is 55.8 Å². The molecule has 7 heteroatoms. The lowest BCUT2D eigenvalue weighted by molar-refractivity contribution is 0.0992. The number of aromatic nitrogens is 2. The summed E-state index contributed by atoms with van der Waals surface area (Å²) in [4.78, 5) is 14.9. The smallest absolute Gasteiger partial charge is 0.291 e. The van der Waals surface area contributed by atoms with Crippen LogP contribution in [0.25, 0.3) is 0 Å². The van der Waals surface area contributed by atoms with Gasteiger partial charge < -0.3 is 14.5 Å². The Hall–Kier alpha value is -3.06. The van der Waals surface area contributed by atoms with Gasteiger partial charge in [0.05, 0.1) is 32.1 Å². The summed E-state index contributed by atoms with van der Waals surface area (Å²) in [5, 5.41) is 7.17. The number of hydrogen-bond donors (Lipinski definition) is 1. The standard InChI is InChI=1S/C22H26N4O3/c1-28-19-7-5-6-17(12-19)14-26-15-18(13-23-26)24-22(27)21-9-8-20(29-21)16-25-10-3-2-4-11-25/h5-9,12-13,15H,2-4,10-11,14,16H2,1H3,(H,24,27). The molecule has 152 valence electrons. The first-order chi connectivity index (χ1) is 14.2. The maximum atomic E-state index is 12.5. The van der Waals surface area contributed by atoms with Gasteiger partial charge in [-0.2, -0.15) is 5.10 Å². The lowest BCUT2D eigenvalue weighted by Crippen LogP contribution is -2.28. The highest BCUT2D eigenvalue weighted by Crippen LogP contribution is 2.17. The summed E-state index contributed by atoms with van der Waals surface area (Å²) in [7, 11) is 1.65. The maximum Gasteiger partial charge on any atom is 0.291 e. The number of nitrogens with one attached hydrogen (secondary N) is 1. The number of furan rings is 1. The van der Waals surface area contributed by atoms with E-state index in [-0.39, 0.29) is 5.91 Å². The molecule has 3 aromatic rings. The lowest BCUT2D eigenvalue weighted by atomic mass is 10.1. The number of benzene rings is 1. The van der Waals surface area contributed by atoms with E-state index in [4.69, 9.17) is 9.15 Å². The average Bonchev–Trinajstić information content (AvgIpc) is 3.38. The van der Waals surface area contributed by atoms with E-state index in [9.17, 15) is 4.79 Å². The summed E-state index contributed by atoms with van der Waals surface area (Å²) in [6, 6.07) is 11.4. The van der Waals surface area contributed by atoms with Gasteiger partial charge in [0, 0.05) is 6.20 Å². The van der Waals surface area contributed by atoms with Gasteiger partial charge in [-0.25, -0.2) is 0 Å². The number of likely N-dealkylation sites (tertiary alicyclic amines) is 1. The van der Waals surface area contributed by atoms with Crippen molar-refractivity contribution in [2.24, 2.45) is 0 Å². The van der Waals surface area contributed by atoms with Crippen LogP contribution in [0.5, 0.6) is 5.75 Å². The molecule has 1 saturated heterocycles. The third-order valence-electron chi connectivity index (χ3n) is 5.08. The fourth-order valence-electron chi connectivity index (χ4n) is 3.59. The first-order valence-electron chi connectivity index (χ1n) is 9.97. The molecule has 2 aromatic heterocycles. The zero-order chi connectivity index (χ0) is 20.1. The number of rotatable bonds is 7. The second-order valence-corrected chi connectivity index (χ2v) is 7.34. The molecular formula is C22H26N4O3. The second kappa shape index (κ2) is 8.96. The first kappa shape index (κ1) is 19.3. The van der Waals surface area contributed by atoms with Crippen LogP contribution in [0.1, 0.15) is 41.1 Å². The Bertz CT molecular complexity index is 956. The topological polar surface area (TPSA) is 72.5 Å². The summed E-state index contributed by atoms with van der Waals surface area (Å²) in [5.74, 6) is 1.68. The Balaban J connectivity index is 1.34. The average molecular weight is 394 g/mol. The van der Waals surface area contributed by atoms with Crippen LogP contribution in [0, 0.1) is 0 Å². The molecule has 1 amide bonds. The summed E-state index contributed by atoms with van der Waals surface area (Å²) in [6.07, 6.45) is 7.19. The molecule has 0 unspecified atom stereocenters. The van der Waals surface area contributed by atoms with Crippen molar-refractivity contribution in [2.45, 2.75) is 32.4 Å². The van der Waals surface area contributed by atoms with Crippen LogP contribution >= 0.6 is 0 Å². The predicted molar refractivity (Wildman–Crippen MR) is 110 cm³/mol. The fraction of sp³-hybridized carbons (Fsp3) is 0.364. The fourth-order valence-corrected chi connectivity index (χ4v) is 3.59. The van der Waals surface area contributed by atoms with Crippen molar-refractivity contribution < 1.29 is 13.9 Å². The van der Waals surface area contributed by atoms with Crippen LogP contribution in [0.4, 0.5) is 5.69 Å². The number of ether oxygens (including phenoxy) is 1. The van der Waals surface area contributed by atoms with Gasteiger partial charge in [0.1, 0.15) is 11.5 Å². The molecule has 1 fully saturated rings. The second-order valence-electron chi connectivity index (χ2n) is 7.34. The van der Waals surface area contributed by atoms with Gasteiger partial charge in [-0.15, -0.1) is 0 Å². The molecule has 0 saturated carbocycles. The van der Waals surface area contributed by atoms with E-state index in [1.807, 2.05) is 30.3 Å². The van der Waals surface area contributed by atoms with Gasteiger partial charge in [-0.3, -0.25) is 14.4 Å². The number of carbonyl (C=O) groups is 1. The number of carbonyl (C=O) groups excluding carboxylic acids is 1. The van der Waals surface area contributed by atoms with Crippen LogP contribution in [-0.2, 0) is 13.1 Å². The number of amides is 1. The maximum absolute atomic E-state index is 12.5. The molecule has 0 radical (unpaired) electrons. The van der Waals surface area contributed by atoms with Crippen molar-refractivity contribution in [3.63, 3.8) is 0 Å². The van der Waals surface area contributed by atoms with Crippen molar-refractivity contribution >= 4 is 11.6 Å². The number of methoxy groups -OCH3 is 1. The van der Waals surface area contributed by atoms with Crippen molar-refractivity contribution in [2.75, 3.05) is 25.5 Å². The third kappa shape index (κ3) is 5.06. The minimum Gasteiger partial charge on any atom is -0.497 e. The Morgan fingerprint density at radius 3 is 2.86 bits per heavy atom. The van der Waals surface area contributed by atoms with E-state index in [1.54, 1.807) is 30.3 Å². The van der Waals surface area contributed by atoms with E-state index < -0.39 is 0 Å². The molecule has 1 aliphatic rings. The summed E-state index contributed by atoms with van der Waals surface area (Å²) in [6.45, 7) is 3.53. The summed E-state index contributed by atoms with van der Waals surface area (Å²) >= 11 is 0. The number of piperidine rings is 1. The highest BCUT2D eigenvalue weighted by molar-refractivity contribution is 6.02. The van der Waals surface area contributed by atoms with Crippen LogP contribution in [0.3, 0.4) is 0 Å². The normalized spacial score (nSPS) is 14.7. The molecule has 0 bridgehead atoms. The summed E-state index contributed by atoms with van der Waals surface area (Å²) in [5.41, 5.74) is 1.70. The number of nitrogens with zero attached hydrogens (tertiary/aromatic N) is 3. The Morgan fingerprint density at radius 1 is 1.17 bits per heavy atom. The number of anilines is 1. The van der Waals surface area contributed by atoms with Crippen molar-refractivity contribution in [3.05, 3.63) is 65.9 Å². The Kier molecular flexibility index (Phi) is 5.95. The molecule has 1 aromatic carbocycles. The van der Waals surface area contributed by atoms with E-state index in [2.05, 4.69) is 15.3 Å². The Labute approximate surface area is 170 Å². The van der Waals surface area contributed by atoms with Gasteiger partial charge in [-0.1, -0.05) is 18.6 Å². The van der Waals surface area contributed by atoms with Crippen LogP contribution < -0.4 is 10.1 Å². The van der Waals surface area contributed by atoms with Gasteiger partial charge >= 0.3 is 0 Å². The minimum atomic E-state index is -0.268. The van der Waals surface area contributed by atoms with E-state index in [0.717, 1.165) is 36.7 Å². The Morgan fingerprint density at radius 2 is 2.03 bits per heavy atom. The zero-order valence-corrected chi connectivity index (χ0v) is 16.6. The van der Waals surface area contributed by atoms with Crippen molar-refractivity contribution in [3.8, 4) is 5.75 Å². The zero-order valence-electron chi connectivity index (χ0n) is 16.6. The molecule has 0 atom stereocenters. The monoisotopic (exact) mass is 394 g/mol. The molecule has 0 aliphatic carbocycles. The number of hydrogen-bond acceptors (Lipinski definition) is 5. The van der Waals surface area contributed by atoms with Crippen molar-refractivity contribution in [1.82, 2.24) is 14.7 Å². The van der Waals surface area contributed by atoms with E-state index >= 15 is 0 Å². The van der Waals surface area contributed by atoms with Crippen LogP contribution in [0.2, 0.25) is 0 Å². The molecule has 1 N–H and O–H groups in total. The largest absolute Gasteiger partial charge is 0.497 e. The molecule has 29 heavy (non-hydrogen) atoms. The highest BCUT2D eigenvalue weighted by Gasteiger charge is 2.16. The van der Waals surface area contributed by atoms with Gasteiger partial charge in [0.25, 0.3) is 5.91 Å². The van der Waals surface area contributed by atoms with E-state index in [0.29, 0.717) is 18.0 Å². The van der Waals surface area contributed by atoms with E-state index in [1.165, 1.54) is 19.3 Å². The molecule has 3 heterocycles. The lowest BCUT2D eigenvalue weighted by Gasteiger charge is -2.25. The highest BCUT2D eigenvalue weighted by atomic mass is 16.5. The van der Waals surface area contributed by atoms with Gasteiger partial charge in [0.15, 0.2) is 5.76 Å². The first-order valence-corrected chi connectivity index (χ1v) is 9.97. The molecular weight excluding hydrogens is 368 g/mol. The molecule has 0 spiro atoms. The predicted octanol–water partition coefficient (Wildman–Crippen LogP) is 3.77. The molecule has 4 rings (SSSR count). The van der Waals surface area contributed by atoms with Gasteiger partial charge in [0.2, 0.25) is 0 Å². The summed E-state index contributed by atoms with van der Waals surface area (Å²) < 4.78 is 12.8. The van der Waals surface area contributed by atoms with Crippen molar-refractivity contribution in [1.29, 1.82) is 0 Å². The van der Waals surface area contributed by atoms with Crippen LogP contribution in [0.15, 0.2) is 53.2 Å². The molecule has 7 nitrogen and oxygen atoms in total. The third-order valence-corrected chi connectivity index (χ3v) is 5.08. The quantitative estimate of drug-likeness (QED) is 0.660.